The van der Waals surface area contributed by atoms with Gasteiger partial charge in [0.2, 0.25) is 5.91 Å². The Hall–Kier alpha value is -2.37. The molecule has 2 aromatic carbocycles. The summed E-state index contributed by atoms with van der Waals surface area (Å²) in [4.78, 5) is 26.7. The highest BCUT2D eigenvalue weighted by atomic mass is 35.5. The normalized spacial score (nSPS) is 11.2. The molecule has 2 aromatic rings. The van der Waals surface area contributed by atoms with Gasteiger partial charge in [-0.1, -0.05) is 48.5 Å². The molecule has 6 heteroatoms. The number of benzene rings is 2. The van der Waals surface area contributed by atoms with E-state index in [0.717, 1.165) is 12.1 Å². The summed E-state index contributed by atoms with van der Waals surface area (Å²) in [6.45, 7) is 1.36. The van der Waals surface area contributed by atoms with Gasteiger partial charge in [0.15, 0.2) is 0 Å². The van der Waals surface area contributed by atoms with Crippen LogP contribution in [0.4, 0.5) is 0 Å². The van der Waals surface area contributed by atoms with Crippen LogP contribution in [-0.2, 0) is 4.79 Å². The van der Waals surface area contributed by atoms with E-state index < -0.39 is 0 Å². The lowest BCUT2D eigenvalue weighted by atomic mass is 10.0. The molecule has 5 nitrogen and oxygen atoms in total. The van der Waals surface area contributed by atoms with Gasteiger partial charge in [0.1, 0.15) is 0 Å². The molecule has 0 heterocycles. The topological polar surface area (TPSA) is 61.4 Å². The van der Waals surface area contributed by atoms with Crippen molar-refractivity contribution in [3.8, 4) is 0 Å². The lowest BCUT2D eigenvalue weighted by molar-refractivity contribution is -0.130. The molecule has 0 spiro atoms. The third kappa shape index (κ3) is 6.50. The summed E-state index contributed by atoms with van der Waals surface area (Å²) in [6, 6.07) is 18.3. The Bertz CT molecular complexity index is 680. The summed E-state index contributed by atoms with van der Waals surface area (Å²) in [5.41, 5.74) is 1.50. The van der Waals surface area contributed by atoms with Gasteiger partial charge in [0, 0.05) is 25.7 Å². The Morgan fingerprint density at radius 3 is 2.15 bits per heavy atom. The zero-order valence-corrected chi connectivity index (χ0v) is 16.0. The Morgan fingerprint density at radius 1 is 1.00 bits per heavy atom. The number of amides is 2. The molecule has 0 aliphatic rings. The molecule has 0 saturated heterocycles. The lowest BCUT2D eigenvalue weighted by Gasteiger charge is -2.23. The molecule has 2 amide bonds. The first-order valence-electron chi connectivity index (χ1n) is 8.41. The number of hydrogen-bond acceptors (Lipinski definition) is 3. The Balaban J connectivity index is 0.00000338. The number of rotatable bonds is 8. The highest BCUT2D eigenvalue weighted by Crippen LogP contribution is 2.18. The zero-order valence-electron chi connectivity index (χ0n) is 15.1. The van der Waals surface area contributed by atoms with Crippen LogP contribution in [0.25, 0.3) is 0 Å². The maximum atomic E-state index is 12.5. The molecule has 1 atom stereocenters. The Morgan fingerprint density at radius 2 is 1.58 bits per heavy atom. The van der Waals surface area contributed by atoms with Crippen LogP contribution in [0, 0.1) is 0 Å². The van der Waals surface area contributed by atoms with E-state index in [2.05, 4.69) is 10.6 Å². The Labute approximate surface area is 161 Å². The fourth-order valence-corrected chi connectivity index (χ4v) is 2.50. The molecule has 2 N–H and O–H groups in total. The second kappa shape index (κ2) is 11.3. The van der Waals surface area contributed by atoms with Crippen molar-refractivity contribution in [2.75, 3.05) is 27.2 Å². The highest BCUT2D eigenvalue weighted by molar-refractivity contribution is 5.94. The lowest BCUT2D eigenvalue weighted by Crippen LogP contribution is -2.37. The predicted octanol–water partition coefficient (Wildman–Crippen LogP) is 2.65. The fourth-order valence-electron chi connectivity index (χ4n) is 2.50. The van der Waals surface area contributed by atoms with Gasteiger partial charge in [0.05, 0.1) is 12.5 Å². The highest BCUT2D eigenvalue weighted by Gasteiger charge is 2.21. The molecular formula is C20H26ClN3O2. The van der Waals surface area contributed by atoms with Crippen molar-refractivity contribution < 1.29 is 9.59 Å². The van der Waals surface area contributed by atoms with Gasteiger partial charge < -0.3 is 15.5 Å². The van der Waals surface area contributed by atoms with Crippen LogP contribution >= 0.6 is 12.4 Å². The molecule has 0 aromatic heterocycles. The standard InChI is InChI=1S/C20H25N3O2.ClH/c1-21-13-14-23(2)19(24)15-18(16-9-5-3-6-10-16)22-20(25)17-11-7-4-8-12-17;/h3-12,18,21H,13-15H2,1-2H3,(H,22,25);1H. The first-order valence-corrected chi connectivity index (χ1v) is 8.41. The third-order valence-corrected chi connectivity index (χ3v) is 4.04. The van der Waals surface area contributed by atoms with Gasteiger partial charge in [-0.15, -0.1) is 12.4 Å². The predicted molar refractivity (Wildman–Crippen MR) is 107 cm³/mol. The summed E-state index contributed by atoms with van der Waals surface area (Å²) in [6.07, 6.45) is 0.225. The van der Waals surface area contributed by atoms with Gasteiger partial charge in [-0.05, 0) is 24.7 Å². The fraction of sp³-hybridized carbons (Fsp3) is 0.300. The van der Waals surface area contributed by atoms with Crippen LogP contribution < -0.4 is 10.6 Å². The summed E-state index contributed by atoms with van der Waals surface area (Å²) >= 11 is 0. The van der Waals surface area contributed by atoms with Crippen LogP contribution in [0.1, 0.15) is 28.4 Å². The second-order valence-corrected chi connectivity index (χ2v) is 5.93. The number of carbonyl (C=O) groups is 2. The van der Waals surface area contributed by atoms with Crippen molar-refractivity contribution in [3.05, 3.63) is 71.8 Å². The zero-order chi connectivity index (χ0) is 18.1. The van der Waals surface area contributed by atoms with E-state index in [9.17, 15) is 9.59 Å². The van der Waals surface area contributed by atoms with E-state index in [1.807, 2.05) is 55.6 Å². The van der Waals surface area contributed by atoms with E-state index in [1.54, 1.807) is 24.1 Å². The molecule has 0 radical (unpaired) electrons. The largest absolute Gasteiger partial charge is 0.345 e. The average molecular weight is 376 g/mol. The van der Waals surface area contributed by atoms with E-state index in [1.165, 1.54) is 0 Å². The maximum absolute atomic E-state index is 12.5. The monoisotopic (exact) mass is 375 g/mol. The van der Waals surface area contributed by atoms with Crippen LogP contribution in [-0.4, -0.2) is 43.9 Å². The van der Waals surface area contributed by atoms with Crippen molar-refractivity contribution in [3.63, 3.8) is 0 Å². The Kier molecular flexibility index (Phi) is 9.41. The summed E-state index contributed by atoms with van der Waals surface area (Å²) in [5, 5.41) is 6.02. The minimum Gasteiger partial charge on any atom is -0.345 e. The molecule has 0 saturated carbocycles. The van der Waals surface area contributed by atoms with E-state index >= 15 is 0 Å². The van der Waals surface area contributed by atoms with Gasteiger partial charge in [-0.25, -0.2) is 0 Å². The van der Waals surface area contributed by atoms with Crippen LogP contribution in [0.5, 0.6) is 0 Å². The number of nitrogens with zero attached hydrogens (tertiary/aromatic N) is 1. The summed E-state index contributed by atoms with van der Waals surface area (Å²) in [5.74, 6) is -0.183. The van der Waals surface area contributed by atoms with Crippen molar-refractivity contribution in [2.24, 2.45) is 0 Å². The molecule has 0 fully saturated rings. The molecule has 140 valence electrons. The first kappa shape index (κ1) is 21.7. The third-order valence-electron chi connectivity index (χ3n) is 4.04. The first-order chi connectivity index (χ1) is 12.1. The summed E-state index contributed by atoms with van der Waals surface area (Å²) in [7, 11) is 3.63. The minimum atomic E-state index is -0.363. The van der Waals surface area contributed by atoms with Gasteiger partial charge in [0.25, 0.3) is 5.91 Å². The minimum absolute atomic E-state index is 0. The van der Waals surface area contributed by atoms with Crippen molar-refractivity contribution in [1.29, 1.82) is 0 Å². The maximum Gasteiger partial charge on any atom is 0.251 e. The van der Waals surface area contributed by atoms with Crippen LogP contribution in [0.2, 0.25) is 0 Å². The van der Waals surface area contributed by atoms with Crippen molar-refractivity contribution in [2.45, 2.75) is 12.5 Å². The molecule has 26 heavy (non-hydrogen) atoms. The number of likely N-dealkylation sites (N-methyl/N-ethyl adjacent to an activating group) is 2. The van der Waals surface area contributed by atoms with E-state index in [-0.39, 0.29) is 36.7 Å². The molecule has 2 rings (SSSR count). The molecular weight excluding hydrogens is 350 g/mol. The van der Waals surface area contributed by atoms with Crippen molar-refractivity contribution in [1.82, 2.24) is 15.5 Å². The summed E-state index contributed by atoms with van der Waals surface area (Å²) < 4.78 is 0. The number of nitrogens with one attached hydrogen (secondary N) is 2. The second-order valence-electron chi connectivity index (χ2n) is 5.93. The van der Waals surface area contributed by atoms with Gasteiger partial charge >= 0.3 is 0 Å². The molecule has 0 aliphatic heterocycles. The van der Waals surface area contributed by atoms with Gasteiger partial charge in [-0.3, -0.25) is 9.59 Å². The quantitative estimate of drug-likeness (QED) is 0.745. The van der Waals surface area contributed by atoms with E-state index in [4.69, 9.17) is 0 Å². The number of halogens is 1. The number of carbonyl (C=O) groups excluding carboxylic acids is 2. The smallest absolute Gasteiger partial charge is 0.251 e. The molecule has 0 bridgehead atoms. The van der Waals surface area contributed by atoms with Gasteiger partial charge in [-0.2, -0.15) is 0 Å². The van der Waals surface area contributed by atoms with Crippen LogP contribution in [0.3, 0.4) is 0 Å². The average Bonchev–Trinajstić information content (AvgIpc) is 2.66. The van der Waals surface area contributed by atoms with Crippen LogP contribution in [0.15, 0.2) is 60.7 Å². The molecule has 1 unspecified atom stereocenters. The SMILES string of the molecule is CNCCN(C)C(=O)CC(NC(=O)c1ccccc1)c1ccccc1.Cl. The van der Waals surface area contributed by atoms with E-state index in [0.29, 0.717) is 12.1 Å². The number of hydrogen-bond donors (Lipinski definition) is 2. The van der Waals surface area contributed by atoms with Crippen molar-refractivity contribution >= 4 is 24.2 Å². The molecule has 0 aliphatic carbocycles.